The molecule has 10 rings (SSSR count). The lowest BCUT2D eigenvalue weighted by Gasteiger charge is -2.28. The van der Waals surface area contributed by atoms with Gasteiger partial charge in [-0.25, -0.2) is 4.58 Å². The molecule has 4 aromatic rings. The highest BCUT2D eigenvalue weighted by Gasteiger charge is 2.47. The van der Waals surface area contributed by atoms with E-state index in [1.54, 1.807) is 52.7 Å². The molecule has 2 aliphatic carbocycles. The molecule has 145 heavy (non-hydrogen) atoms. The fraction of sp³-hybridized carbons (Fsp3) is 0.607. The highest BCUT2D eigenvalue weighted by atomic mass is 35.5. The number of anilines is 3. The summed E-state index contributed by atoms with van der Waals surface area (Å²) in [6.45, 7) is 48.0. The van der Waals surface area contributed by atoms with Crippen molar-refractivity contribution in [2.24, 2.45) is 0 Å². The summed E-state index contributed by atoms with van der Waals surface area (Å²) in [5.74, 6) is -0.394. The molecule has 0 spiro atoms. The minimum atomic E-state index is -4.46. The molecule has 0 amide bonds. The molecule has 5 N–H and O–H groups in total. The summed E-state index contributed by atoms with van der Waals surface area (Å²) in [6, 6.07) is 22.9. The standard InChI is InChI=1S/C56H83N3O12S.C45H61ClN2O9S.C11H23NO3/c1-42-17-21-48-46(40-42)55(5,6)50(58(48)27-30-67-36-38-69-34-32-65-9)23-18-43-14-11-15-44(53(43)57(26-13-29-60)25-12-16-52(61)71-54(2,3)4)19-24-51-56(7,8)47-41-45(72(62,63)64)20-22-49(47)59(51)28-31-68-37-39-70-35-33-66-10;1-33-11-15-39-37(31-33)44(2,3)41(47(39)19-21-54-27-29-56-25-23-52-6)17-12-34-9-8-10-35(43(34)46)13-18-42-45(4,5)38-32-36(58(49,50)51)14-16-40(38)48(42)20-22-55-28-30-57-26-24-53-7;1-11(2,3)15-10(14)6-4-7-12-8-5-9-13/h17-24,40-41,60H,11-16,25-39H2,1-10H3;11-18,31-32H,8-10,19-30H2,1-7H3;12-13H,4-9H2,1-3H3/p+2. The van der Waals surface area contributed by atoms with Crippen molar-refractivity contribution < 1.29 is 121 Å². The number of hydrogen-bond acceptors (Lipinski definition) is 26. The third kappa shape index (κ3) is 37.3. The summed E-state index contributed by atoms with van der Waals surface area (Å²) in [7, 11) is -2.25. The first-order valence-electron chi connectivity index (χ1n) is 51.2. The number of methoxy groups -OCH3 is 4. The number of benzene rings is 4. The van der Waals surface area contributed by atoms with Gasteiger partial charge in [0.1, 0.15) is 30.9 Å². The Kier molecular flexibility index (Phi) is 50.2. The summed E-state index contributed by atoms with van der Waals surface area (Å²) < 4.78 is 151. The highest BCUT2D eigenvalue weighted by Crippen LogP contribution is 2.52. The molecule has 0 aromatic heterocycles. The largest absolute Gasteiger partial charge is 0.460 e. The Morgan fingerprint density at radius 1 is 0.434 bits per heavy atom. The van der Waals surface area contributed by atoms with Crippen molar-refractivity contribution in [3.05, 3.63) is 199 Å². The lowest BCUT2D eigenvalue weighted by Crippen LogP contribution is -2.31. The van der Waals surface area contributed by atoms with E-state index in [9.17, 15) is 40.6 Å². The molecule has 4 heterocycles. The monoisotopic (exact) mass is 2080 g/mol. The van der Waals surface area contributed by atoms with Crippen LogP contribution in [0.4, 0.5) is 22.7 Å². The van der Waals surface area contributed by atoms with Crippen LogP contribution in [-0.2, 0) is 118 Å². The molecule has 0 radical (unpaired) electrons. The van der Waals surface area contributed by atoms with E-state index in [4.69, 9.17) is 83.0 Å². The maximum atomic E-state index is 13.0. The van der Waals surface area contributed by atoms with Crippen LogP contribution >= 0.6 is 11.6 Å². The Bertz CT molecular complexity index is 5420. The van der Waals surface area contributed by atoms with Crippen LogP contribution in [0.15, 0.2) is 176 Å². The van der Waals surface area contributed by atoms with Gasteiger partial charge < -0.3 is 96.5 Å². The summed E-state index contributed by atoms with van der Waals surface area (Å²) in [5.41, 5.74) is 17.6. The topological polar surface area (TPSA) is 340 Å². The van der Waals surface area contributed by atoms with Crippen LogP contribution < -0.4 is 20.0 Å². The summed E-state index contributed by atoms with van der Waals surface area (Å²) in [4.78, 5) is 30.9. The molecule has 0 bridgehead atoms. The van der Waals surface area contributed by atoms with Crippen LogP contribution in [-0.4, -0.2) is 306 Å². The first kappa shape index (κ1) is 122. The number of aryl methyl sites for hydroxylation is 2. The number of carbonyl (C=O) groups excluding carboxylic acids is 2. The molecule has 0 unspecified atom stereocenters. The fourth-order valence-corrected chi connectivity index (χ4v) is 20.0. The minimum Gasteiger partial charge on any atom is -0.460 e. The quantitative estimate of drug-likeness (QED) is 0.0119. The SMILES string of the molecule is CC(C)(C)OC(=O)CCCNCCCO.COCCOCCOCCN1C(=CC=C2CCC/C(=C\C=C3\N(CCOCCOCCOC)c4ccc(S(=O)(=O)O)cc4C3(C)C)C2=[N+](CCCO)CCCC(=O)OC(C)(C)C)C(C)(C)c2cc(C)ccc21.COCCOCCOCCN1C(=CC=C2CCCC(C=CC3=[N+](CCOCCOCCOC)c4ccc(S(=O)(=O)O)cc4C3(C)C)=C2Cl)C(C)(C)c2cc(C)ccc21. The first-order valence-corrected chi connectivity index (χ1v) is 54.5. The number of aliphatic hydroxyl groups excluding tert-OH is 2. The van der Waals surface area contributed by atoms with Crippen LogP contribution in [0.3, 0.4) is 0 Å². The van der Waals surface area contributed by atoms with E-state index in [1.165, 1.54) is 45.8 Å². The van der Waals surface area contributed by atoms with E-state index >= 15 is 0 Å². The number of nitrogens with zero attached hydrogens (tertiary/aromatic N) is 5. The van der Waals surface area contributed by atoms with E-state index in [2.05, 4.69) is 183 Å². The maximum absolute atomic E-state index is 13.0. The van der Waals surface area contributed by atoms with Gasteiger partial charge in [0.15, 0.2) is 12.3 Å². The third-order valence-electron chi connectivity index (χ3n) is 26.0. The van der Waals surface area contributed by atoms with Crippen molar-refractivity contribution in [1.82, 2.24) is 5.32 Å². The van der Waals surface area contributed by atoms with E-state index < -0.39 is 36.7 Å². The van der Waals surface area contributed by atoms with Crippen LogP contribution in [0.1, 0.15) is 207 Å². The maximum Gasteiger partial charge on any atom is 0.306 e. The molecule has 808 valence electrons. The molecular weight excluding hydrogens is 1910 g/mol. The normalized spacial score (nSPS) is 18.5. The number of esters is 2. The first-order chi connectivity index (χ1) is 68.9. The molecule has 4 aliphatic heterocycles. The van der Waals surface area contributed by atoms with Crippen molar-refractivity contribution in [3.8, 4) is 0 Å². The van der Waals surface area contributed by atoms with Gasteiger partial charge in [0, 0.05) is 165 Å². The molecule has 4 aromatic carbocycles. The Morgan fingerprint density at radius 2 is 0.793 bits per heavy atom. The minimum absolute atomic E-state index is 0.0124. The zero-order valence-electron chi connectivity index (χ0n) is 90.1. The van der Waals surface area contributed by atoms with Gasteiger partial charge in [-0.2, -0.15) is 21.4 Å². The molecule has 0 atom stereocenters. The van der Waals surface area contributed by atoms with Crippen LogP contribution in [0.5, 0.6) is 0 Å². The zero-order valence-corrected chi connectivity index (χ0v) is 92.5. The summed E-state index contributed by atoms with van der Waals surface area (Å²) in [5, 5.41) is 22.7. The molecule has 1 saturated carbocycles. The Morgan fingerprint density at radius 3 is 1.21 bits per heavy atom. The molecule has 33 heteroatoms. The van der Waals surface area contributed by atoms with Crippen molar-refractivity contribution in [2.75, 3.05) is 241 Å². The Labute approximate surface area is 869 Å². The average Bonchev–Trinajstić information content (AvgIpc) is 1.41. The van der Waals surface area contributed by atoms with Gasteiger partial charge in [-0.05, 0) is 222 Å². The lowest BCUT2D eigenvalue weighted by molar-refractivity contribution is -0.528. The van der Waals surface area contributed by atoms with Gasteiger partial charge in [-0.1, -0.05) is 113 Å². The zero-order chi connectivity index (χ0) is 106. The van der Waals surface area contributed by atoms with Crippen LogP contribution in [0.25, 0.3) is 0 Å². The molecule has 6 aliphatic rings. The van der Waals surface area contributed by atoms with Gasteiger partial charge in [-0.3, -0.25) is 18.7 Å². The van der Waals surface area contributed by atoms with Crippen LogP contribution in [0, 0.1) is 13.8 Å². The lowest BCUT2D eigenvalue weighted by atomic mass is 9.81. The van der Waals surface area contributed by atoms with Gasteiger partial charge in [0.05, 0.1) is 147 Å². The van der Waals surface area contributed by atoms with E-state index in [1.807, 2.05) is 41.5 Å². The number of nitrogens with one attached hydrogen (secondary N) is 1. The predicted octanol–water partition coefficient (Wildman–Crippen LogP) is 17.2. The number of ether oxygens (including phenoxy) is 14. The number of halogens is 1. The molecule has 0 saturated heterocycles. The van der Waals surface area contributed by atoms with Gasteiger partial charge >= 0.3 is 11.9 Å². The smallest absolute Gasteiger partial charge is 0.306 e. The number of aliphatic hydroxyl groups is 2. The number of carbonyl (C=O) groups is 2. The van der Waals surface area contributed by atoms with Gasteiger partial charge in [-0.15, -0.1) is 0 Å². The second-order valence-electron chi connectivity index (χ2n) is 40.9. The second kappa shape index (κ2) is 59.6. The van der Waals surface area contributed by atoms with Crippen molar-refractivity contribution in [3.63, 3.8) is 0 Å². The van der Waals surface area contributed by atoms with Crippen molar-refractivity contribution in [2.45, 2.75) is 230 Å². The Balaban J connectivity index is 0.000000314. The summed E-state index contributed by atoms with van der Waals surface area (Å²) >= 11 is 7.25. The van der Waals surface area contributed by atoms with Gasteiger partial charge in [0.25, 0.3) is 20.2 Å². The predicted molar refractivity (Wildman–Crippen MR) is 573 cm³/mol. The number of fused-ring (bicyclic) bond motifs is 4. The average molecular weight is 2080 g/mol. The number of hydrogen-bond donors (Lipinski definition) is 5. The second-order valence-corrected chi connectivity index (χ2v) is 44.2. The van der Waals surface area contributed by atoms with E-state index in [0.717, 1.165) is 143 Å². The van der Waals surface area contributed by atoms with E-state index in [-0.39, 0.29) is 57.8 Å². The third-order valence-corrected chi connectivity index (χ3v) is 28.2. The number of allylic oxidation sites excluding steroid dienone is 16. The molecule has 30 nitrogen and oxygen atoms in total. The van der Waals surface area contributed by atoms with E-state index in [0.29, 0.717) is 191 Å². The van der Waals surface area contributed by atoms with Gasteiger partial charge in [0.2, 0.25) is 11.4 Å². The molecular formula is C112H169ClN6O24S2+2. The Hall–Kier alpha value is -8.01. The number of rotatable bonds is 57. The highest BCUT2D eigenvalue weighted by molar-refractivity contribution is 7.86. The van der Waals surface area contributed by atoms with Crippen LogP contribution in [0.2, 0.25) is 0 Å². The molecule has 1 fully saturated rings. The fourth-order valence-electron chi connectivity index (χ4n) is 18.7. The summed E-state index contributed by atoms with van der Waals surface area (Å²) in [6.07, 6.45) is 26.0. The van der Waals surface area contributed by atoms with Crippen molar-refractivity contribution >= 4 is 77.9 Å². The van der Waals surface area contributed by atoms with Crippen molar-refractivity contribution in [1.29, 1.82) is 0 Å².